The Balaban J connectivity index is 2.90. The van der Waals surface area contributed by atoms with Crippen molar-refractivity contribution >= 4 is 19.2 Å². The summed E-state index contributed by atoms with van der Waals surface area (Å²) in [5, 5.41) is 1.33. The number of ether oxygens (including phenoxy) is 1. The van der Waals surface area contributed by atoms with Gasteiger partial charge in [-0.1, -0.05) is 43.5 Å². The largest absolute Gasteiger partial charge is 0.432 e. The molecule has 0 fully saturated rings. The molecule has 0 bridgehead atoms. The normalized spacial score (nSPS) is 10.9. The van der Waals surface area contributed by atoms with Crippen molar-refractivity contribution in [1.29, 1.82) is 0 Å². The van der Waals surface area contributed by atoms with Gasteiger partial charge >= 0.3 is 5.97 Å². The molecule has 0 saturated heterocycles. The van der Waals surface area contributed by atoms with Crippen LogP contribution in [-0.4, -0.2) is 14.0 Å². The number of esters is 1. The lowest BCUT2D eigenvalue weighted by Crippen LogP contribution is -2.37. The van der Waals surface area contributed by atoms with Gasteiger partial charge in [0.25, 0.3) is 0 Å². The molecule has 0 spiro atoms. The molecule has 0 atom stereocenters. The van der Waals surface area contributed by atoms with E-state index in [-0.39, 0.29) is 5.97 Å². The van der Waals surface area contributed by atoms with Crippen LogP contribution in [0.5, 0.6) is 0 Å². The fourth-order valence-corrected chi connectivity index (χ4v) is 2.42. The Kier molecular flexibility index (Phi) is 3.47. The third-order valence-electron chi connectivity index (χ3n) is 2.18. The van der Waals surface area contributed by atoms with Gasteiger partial charge in [0.15, 0.2) is 0 Å². The molecule has 0 aliphatic rings. The van der Waals surface area contributed by atoms with Gasteiger partial charge in [-0.25, -0.2) is 4.79 Å². The number of carbonyl (C=O) groups is 1. The zero-order valence-electron chi connectivity index (χ0n) is 9.41. The molecule has 80 valence electrons. The van der Waals surface area contributed by atoms with Crippen LogP contribution in [0.4, 0.5) is 0 Å². The van der Waals surface area contributed by atoms with E-state index in [1.807, 2.05) is 12.1 Å². The molecule has 1 rings (SSSR count). The second kappa shape index (κ2) is 4.44. The molecule has 0 saturated carbocycles. The van der Waals surface area contributed by atoms with Crippen LogP contribution in [-0.2, 0) is 4.74 Å². The summed E-state index contributed by atoms with van der Waals surface area (Å²) in [4.78, 5) is 11.3. The zero-order chi connectivity index (χ0) is 11.5. The first-order valence-electron chi connectivity index (χ1n) is 4.87. The summed E-state index contributed by atoms with van der Waals surface area (Å²) < 4.78 is 4.69. The Morgan fingerprint density at radius 2 is 1.80 bits per heavy atom. The van der Waals surface area contributed by atoms with Crippen LogP contribution in [0.2, 0.25) is 19.6 Å². The molecule has 0 heterocycles. The first-order valence-corrected chi connectivity index (χ1v) is 8.37. The van der Waals surface area contributed by atoms with Crippen LogP contribution in [0.25, 0.3) is 0 Å². The smallest absolute Gasteiger partial charge is 0.342 e. The molecule has 0 aliphatic carbocycles. The molecule has 1 aromatic rings. The average molecular weight is 220 g/mol. The highest BCUT2D eigenvalue weighted by molar-refractivity contribution is 6.88. The van der Waals surface area contributed by atoms with Crippen molar-refractivity contribution in [3.8, 4) is 0 Å². The van der Waals surface area contributed by atoms with E-state index in [1.165, 1.54) is 5.19 Å². The molecule has 2 nitrogen and oxygen atoms in total. The van der Waals surface area contributed by atoms with E-state index < -0.39 is 8.07 Å². The second-order valence-electron chi connectivity index (χ2n) is 4.40. The maximum absolute atomic E-state index is 11.3. The highest BCUT2D eigenvalue weighted by atomic mass is 28.3. The minimum atomic E-state index is -1.28. The Morgan fingerprint density at radius 1 is 1.27 bits per heavy atom. The summed E-state index contributed by atoms with van der Waals surface area (Å²) in [6.45, 7) is 10.2. The molecule has 3 heteroatoms. The molecular formula is C12H16O2Si. The van der Waals surface area contributed by atoms with E-state index in [1.54, 1.807) is 12.1 Å². The quantitative estimate of drug-likeness (QED) is 0.444. The maximum Gasteiger partial charge on any atom is 0.342 e. The minimum Gasteiger partial charge on any atom is -0.432 e. The molecule has 0 radical (unpaired) electrons. The van der Waals surface area contributed by atoms with E-state index in [2.05, 4.69) is 31.0 Å². The fourth-order valence-electron chi connectivity index (χ4n) is 1.25. The van der Waals surface area contributed by atoms with Gasteiger partial charge in [-0.15, -0.1) is 0 Å². The van der Waals surface area contributed by atoms with E-state index in [0.29, 0.717) is 5.56 Å². The van der Waals surface area contributed by atoms with Crippen molar-refractivity contribution < 1.29 is 9.53 Å². The summed E-state index contributed by atoms with van der Waals surface area (Å²) >= 11 is 0. The molecule has 1 aromatic carbocycles. The van der Waals surface area contributed by atoms with Gasteiger partial charge in [0, 0.05) is 0 Å². The summed E-state index contributed by atoms with van der Waals surface area (Å²) in [6.07, 6.45) is 1.15. The van der Waals surface area contributed by atoms with Crippen molar-refractivity contribution in [3.63, 3.8) is 0 Å². The summed E-state index contributed by atoms with van der Waals surface area (Å²) in [5.74, 6) is -0.355. The number of hydrogen-bond acceptors (Lipinski definition) is 2. The Hall–Kier alpha value is -1.35. The molecule has 15 heavy (non-hydrogen) atoms. The topological polar surface area (TPSA) is 26.3 Å². The summed E-state index contributed by atoms with van der Waals surface area (Å²) in [5.41, 5.74) is 0.567. The molecule has 0 amide bonds. The predicted molar refractivity (Wildman–Crippen MR) is 65.0 cm³/mol. The second-order valence-corrected chi connectivity index (χ2v) is 9.48. The van der Waals surface area contributed by atoms with Gasteiger partial charge in [-0.2, -0.15) is 0 Å². The minimum absolute atomic E-state index is 0.355. The van der Waals surface area contributed by atoms with E-state index >= 15 is 0 Å². The fraction of sp³-hybridized carbons (Fsp3) is 0.250. The third-order valence-corrected chi connectivity index (χ3v) is 4.24. The number of rotatable bonds is 3. The van der Waals surface area contributed by atoms with Crippen LogP contribution >= 0.6 is 0 Å². The first-order chi connectivity index (χ1) is 6.95. The van der Waals surface area contributed by atoms with Crippen molar-refractivity contribution in [3.05, 3.63) is 42.7 Å². The molecule has 0 unspecified atom stereocenters. The number of carbonyl (C=O) groups excluding carboxylic acids is 1. The Bertz CT molecular complexity index is 360. The van der Waals surface area contributed by atoms with Crippen LogP contribution in [0.1, 0.15) is 10.4 Å². The highest BCUT2D eigenvalue weighted by Crippen LogP contribution is 2.05. The number of benzene rings is 1. The lowest BCUT2D eigenvalue weighted by molar-refractivity contribution is 0.0664. The van der Waals surface area contributed by atoms with Crippen LogP contribution in [0.3, 0.4) is 0 Å². The van der Waals surface area contributed by atoms with Crippen LogP contribution in [0.15, 0.2) is 37.1 Å². The highest BCUT2D eigenvalue weighted by Gasteiger charge is 2.16. The SMILES string of the molecule is C=COC(=O)c1ccc([Si](C)(C)C)cc1. The van der Waals surface area contributed by atoms with Gasteiger partial charge in [-0.3, -0.25) is 0 Å². The van der Waals surface area contributed by atoms with Gasteiger partial charge in [0.2, 0.25) is 0 Å². The van der Waals surface area contributed by atoms with Crippen molar-refractivity contribution in [2.24, 2.45) is 0 Å². The van der Waals surface area contributed by atoms with Crippen molar-refractivity contribution in [2.75, 3.05) is 0 Å². The first kappa shape index (κ1) is 11.7. The monoisotopic (exact) mass is 220 g/mol. The zero-order valence-corrected chi connectivity index (χ0v) is 10.4. The number of hydrogen-bond donors (Lipinski definition) is 0. The molecule has 0 N–H and O–H groups in total. The maximum atomic E-state index is 11.3. The third kappa shape index (κ3) is 3.06. The van der Waals surface area contributed by atoms with E-state index in [0.717, 1.165) is 6.26 Å². The average Bonchev–Trinajstić information content (AvgIpc) is 2.17. The Morgan fingerprint density at radius 3 is 2.20 bits per heavy atom. The lowest BCUT2D eigenvalue weighted by atomic mass is 10.2. The van der Waals surface area contributed by atoms with Crippen molar-refractivity contribution in [2.45, 2.75) is 19.6 Å². The van der Waals surface area contributed by atoms with Crippen LogP contribution in [0, 0.1) is 0 Å². The van der Waals surface area contributed by atoms with E-state index in [4.69, 9.17) is 0 Å². The standard InChI is InChI=1S/C12H16O2Si/c1-5-14-12(13)10-6-8-11(9-7-10)15(2,3)4/h5-9H,1H2,2-4H3. The molecule has 0 aromatic heterocycles. The summed E-state index contributed by atoms with van der Waals surface area (Å²) in [7, 11) is -1.28. The Labute approximate surface area is 91.6 Å². The van der Waals surface area contributed by atoms with E-state index in [9.17, 15) is 4.79 Å². The molecular weight excluding hydrogens is 204 g/mol. The van der Waals surface area contributed by atoms with Gasteiger partial charge in [0.05, 0.1) is 19.9 Å². The molecule has 0 aliphatic heterocycles. The van der Waals surface area contributed by atoms with Crippen molar-refractivity contribution in [1.82, 2.24) is 0 Å². The van der Waals surface area contributed by atoms with Gasteiger partial charge in [0.1, 0.15) is 0 Å². The van der Waals surface area contributed by atoms with Crippen LogP contribution < -0.4 is 5.19 Å². The van der Waals surface area contributed by atoms with Gasteiger partial charge < -0.3 is 4.74 Å². The van der Waals surface area contributed by atoms with Gasteiger partial charge in [-0.05, 0) is 12.1 Å². The lowest BCUT2D eigenvalue weighted by Gasteiger charge is -2.16. The summed E-state index contributed by atoms with van der Waals surface area (Å²) in [6, 6.07) is 7.62. The predicted octanol–water partition coefficient (Wildman–Crippen LogP) is 2.53.